The van der Waals surface area contributed by atoms with Gasteiger partial charge in [-0.3, -0.25) is 28.2 Å². The molecule has 2 aromatic heterocycles. The fourth-order valence-electron chi connectivity index (χ4n) is 5.49. The molecule has 1 aromatic carbocycles. The molecule has 0 bridgehead atoms. The van der Waals surface area contributed by atoms with Gasteiger partial charge < -0.3 is 35.8 Å². The minimum absolute atomic E-state index is 0.0224. The van der Waals surface area contributed by atoms with Gasteiger partial charge in [-0.05, 0) is 43.2 Å². The number of aryl methyl sites for hydroxylation is 1. The van der Waals surface area contributed by atoms with Crippen LogP contribution in [-0.2, 0) is 38.4 Å². The Morgan fingerprint density at radius 3 is 2.70 bits per heavy atom. The number of aliphatic hydroxyl groups excluding tert-OH is 2. The van der Waals surface area contributed by atoms with Crippen LogP contribution in [0, 0.1) is 0 Å². The number of phosphoric ester groups is 2. The number of H-pyrrole nitrogens is 1. The number of nitrogens with one attached hydrogen (secondary N) is 2. The Morgan fingerprint density at radius 2 is 1.89 bits per heavy atom. The maximum Gasteiger partial charge on any atom is 0.481 e. The number of aromatic amines is 1. The number of phosphoric acid groups is 2. The van der Waals surface area contributed by atoms with Crippen molar-refractivity contribution in [1.82, 2.24) is 24.8 Å². The van der Waals surface area contributed by atoms with Gasteiger partial charge in [0.2, 0.25) is 11.9 Å². The lowest BCUT2D eigenvalue weighted by Gasteiger charge is -2.26. The maximum absolute atomic E-state index is 12.4. The van der Waals surface area contributed by atoms with Crippen LogP contribution in [-0.4, -0.2) is 77.0 Å². The van der Waals surface area contributed by atoms with Gasteiger partial charge in [-0.25, -0.2) is 14.1 Å². The first-order valence-corrected chi connectivity index (χ1v) is 17.6. The molecule has 20 heteroatoms. The Bertz CT molecular complexity index is 1700. The van der Waals surface area contributed by atoms with E-state index in [1.807, 2.05) is 18.2 Å². The van der Waals surface area contributed by atoms with Gasteiger partial charge in [0.05, 0.1) is 25.6 Å². The molecular weight excluding hydrogens is 650 g/mol. The molecule has 1 aliphatic heterocycles. The lowest BCUT2D eigenvalue weighted by molar-refractivity contribution is -0.122. The quantitative estimate of drug-likeness (QED) is 0.0931. The molecule has 18 nitrogen and oxygen atoms in total. The van der Waals surface area contributed by atoms with Gasteiger partial charge in [-0.15, -0.1) is 0 Å². The number of aromatic nitrogens is 4. The standard InChI is InChI=1S/C26H36N6O12P2/c27-26-30-23-20(24(36)31-26)28-14-32(23)25-22(35)21(34)18(43-25)13-42-46(39,40)44-45(37,38)41-12-5-1-2-11-19(33)29-17-10-6-8-15-7-3-4-9-16(15)17/h3-4,7,9,14,17-18,21-22,25,34-35H,1-2,5-6,8,10-13H2,(H,29,33)(H,37,38)(H,39,40)(H3,27,30,31,36)/t17?,18-,21-,22-,25-/m1/s1. The molecule has 7 atom stereocenters. The number of hydrogen-bond acceptors (Lipinski definition) is 13. The number of unbranched alkanes of at least 4 members (excludes halogenated alkanes) is 2. The number of aliphatic hydroxyl groups is 2. The van der Waals surface area contributed by atoms with Crippen LogP contribution in [0.25, 0.3) is 11.2 Å². The highest BCUT2D eigenvalue weighted by molar-refractivity contribution is 7.61. The molecule has 8 N–H and O–H groups in total. The van der Waals surface area contributed by atoms with Crippen LogP contribution < -0.4 is 16.6 Å². The number of ether oxygens (including phenoxy) is 1. The van der Waals surface area contributed by atoms with Crippen molar-refractivity contribution < 1.29 is 52.0 Å². The van der Waals surface area contributed by atoms with Gasteiger partial charge in [0, 0.05) is 6.42 Å². The van der Waals surface area contributed by atoms with Crippen molar-refractivity contribution >= 4 is 38.7 Å². The summed E-state index contributed by atoms with van der Waals surface area (Å²) in [6, 6.07) is 8.01. The van der Waals surface area contributed by atoms with Crippen LogP contribution in [0.15, 0.2) is 35.4 Å². The first-order valence-electron chi connectivity index (χ1n) is 14.6. The molecule has 5 rings (SSSR count). The molecule has 0 saturated carbocycles. The molecule has 3 unspecified atom stereocenters. The third-order valence-electron chi connectivity index (χ3n) is 7.68. The zero-order valence-electron chi connectivity index (χ0n) is 24.5. The lowest BCUT2D eigenvalue weighted by atomic mass is 9.87. The average molecular weight is 687 g/mol. The monoisotopic (exact) mass is 686 g/mol. The minimum atomic E-state index is -5.22. The number of nitrogens with two attached hydrogens (primary N) is 1. The van der Waals surface area contributed by atoms with Crippen LogP contribution in [0.4, 0.5) is 5.95 Å². The fourth-order valence-corrected chi connectivity index (χ4v) is 7.60. The Kier molecular flexibility index (Phi) is 10.7. The average Bonchev–Trinajstić information content (AvgIpc) is 3.53. The van der Waals surface area contributed by atoms with Gasteiger partial charge in [0.25, 0.3) is 5.56 Å². The molecule has 1 aliphatic carbocycles. The van der Waals surface area contributed by atoms with Crippen molar-refractivity contribution in [3.63, 3.8) is 0 Å². The number of imidazole rings is 1. The second-order valence-electron chi connectivity index (χ2n) is 11.0. The smallest absolute Gasteiger partial charge is 0.387 e. The number of amides is 1. The zero-order valence-corrected chi connectivity index (χ0v) is 26.3. The number of nitrogen functional groups attached to an aromatic ring is 1. The second-order valence-corrected chi connectivity index (χ2v) is 14.0. The van der Waals surface area contributed by atoms with E-state index in [2.05, 4.69) is 30.6 Å². The predicted octanol–water partition coefficient (Wildman–Crippen LogP) is 1.33. The third kappa shape index (κ3) is 8.27. The Hall–Kier alpha value is -3.02. The van der Waals surface area contributed by atoms with Crippen molar-refractivity contribution in [2.75, 3.05) is 18.9 Å². The van der Waals surface area contributed by atoms with E-state index in [1.54, 1.807) is 0 Å². The number of fused-ring (bicyclic) bond motifs is 2. The first kappa shape index (κ1) is 34.3. The van der Waals surface area contributed by atoms with Gasteiger partial charge >= 0.3 is 15.6 Å². The Labute approximate surface area is 262 Å². The molecule has 0 spiro atoms. The highest BCUT2D eigenvalue weighted by Gasteiger charge is 2.46. The number of benzene rings is 1. The summed E-state index contributed by atoms with van der Waals surface area (Å²) in [6.45, 7) is -1.15. The van der Waals surface area contributed by atoms with Gasteiger partial charge in [0.15, 0.2) is 17.4 Å². The van der Waals surface area contributed by atoms with Crippen LogP contribution >= 0.6 is 15.6 Å². The molecule has 2 aliphatic rings. The first-order chi connectivity index (χ1) is 21.8. The highest BCUT2D eigenvalue weighted by Crippen LogP contribution is 2.60. The summed E-state index contributed by atoms with van der Waals surface area (Å²) in [5.74, 6) is -0.326. The fraction of sp³-hybridized carbons (Fsp3) is 0.538. The lowest BCUT2D eigenvalue weighted by Crippen LogP contribution is -2.33. The molecule has 0 radical (unpaired) electrons. The van der Waals surface area contributed by atoms with Crippen LogP contribution in [0.2, 0.25) is 0 Å². The molecule has 1 amide bonds. The number of carbonyl (C=O) groups excluding carboxylic acids is 1. The molecule has 3 heterocycles. The summed E-state index contributed by atoms with van der Waals surface area (Å²) in [4.78, 5) is 54.5. The van der Waals surface area contributed by atoms with Crippen molar-refractivity contribution in [3.05, 3.63) is 52.1 Å². The van der Waals surface area contributed by atoms with E-state index in [9.17, 15) is 38.7 Å². The molecule has 3 aromatic rings. The summed E-state index contributed by atoms with van der Waals surface area (Å²) in [5.41, 5.74) is 7.13. The summed E-state index contributed by atoms with van der Waals surface area (Å²) < 4.78 is 45.1. The Morgan fingerprint density at radius 1 is 1.13 bits per heavy atom. The van der Waals surface area contributed by atoms with Crippen LogP contribution in [0.1, 0.15) is 61.9 Å². The van der Waals surface area contributed by atoms with Gasteiger partial charge in [-0.1, -0.05) is 30.7 Å². The van der Waals surface area contributed by atoms with E-state index in [0.29, 0.717) is 12.8 Å². The van der Waals surface area contributed by atoms with E-state index < -0.39 is 52.4 Å². The van der Waals surface area contributed by atoms with Crippen molar-refractivity contribution in [1.29, 1.82) is 0 Å². The predicted molar refractivity (Wildman–Crippen MR) is 160 cm³/mol. The van der Waals surface area contributed by atoms with Crippen LogP contribution in [0.3, 0.4) is 0 Å². The van der Waals surface area contributed by atoms with Crippen molar-refractivity contribution in [3.8, 4) is 0 Å². The molecule has 46 heavy (non-hydrogen) atoms. The molecule has 252 valence electrons. The topological polar surface area (TPSA) is 271 Å². The number of rotatable bonds is 14. The van der Waals surface area contributed by atoms with E-state index >= 15 is 0 Å². The number of nitrogens with zero attached hydrogens (tertiary/aromatic N) is 3. The highest BCUT2D eigenvalue weighted by atomic mass is 31.3. The third-order valence-corrected chi connectivity index (χ3v) is 10.3. The number of hydrogen-bond donors (Lipinski definition) is 7. The second kappa shape index (κ2) is 14.4. The summed E-state index contributed by atoms with van der Waals surface area (Å²) in [6.07, 6.45) is -0.543. The van der Waals surface area contributed by atoms with E-state index in [-0.39, 0.29) is 48.5 Å². The minimum Gasteiger partial charge on any atom is -0.387 e. The summed E-state index contributed by atoms with van der Waals surface area (Å²) >= 11 is 0. The molecule has 1 fully saturated rings. The molecular formula is C26H36N6O12P2. The zero-order chi connectivity index (χ0) is 33.1. The van der Waals surface area contributed by atoms with Gasteiger partial charge in [0.1, 0.15) is 18.3 Å². The summed E-state index contributed by atoms with van der Waals surface area (Å²) in [7, 11) is -10.3. The SMILES string of the molecule is Nc1nc2c(ncn2[C@@H]2O[C@H](COP(=O)(O)OP(=O)(O)OCCCCCC(=O)NC3CCCc4ccccc43)[C@@H](O)[C@H]2O)c(=O)[nH]1. The van der Waals surface area contributed by atoms with Crippen molar-refractivity contribution in [2.24, 2.45) is 0 Å². The number of carbonyl (C=O) groups is 1. The van der Waals surface area contributed by atoms with Gasteiger partial charge in [-0.2, -0.15) is 9.29 Å². The van der Waals surface area contributed by atoms with E-state index in [0.717, 1.165) is 35.7 Å². The Balaban J connectivity index is 1.02. The number of anilines is 1. The van der Waals surface area contributed by atoms with Crippen LogP contribution in [0.5, 0.6) is 0 Å². The van der Waals surface area contributed by atoms with Crippen molar-refractivity contribution in [2.45, 2.75) is 75.5 Å². The largest absolute Gasteiger partial charge is 0.481 e. The normalized spacial score (nSPS) is 25.5. The van der Waals surface area contributed by atoms with E-state index in [1.165, 1.54) is 5.56 Å². The molecule has 1 saturated heterocycles. The van der Waals surface area contributed by atoms with E-state index in [4.69, 9.17) is 19.5 Å². The summed E-state index contributed by atoms with van der Waals surface area (Å²) in [5, 5.41) is 24.0. The maximum atomic E-state index is 12.4.